The van der Waals surface area contributed by atoms with Crippen molar-refractivity contribution in [1.82, 2.24) is 29.7 Å². The summed E-state index contributed by atoms with van der Waals surface area (Å²) < 4.78 is 1.82. The van der Waals surface area contributed by atoms with Crippen LogP contribution in [-0.2, 0) is 0 Å². The van der Waals surface area contributed by atoms with Gasteiger partial charge in [0.15, 0.2) is 0 Å². The zero-order chi connectivity index (χ0) is 20.5. The second-order valence-electron chi connectivity index (χ2n) is 6.96. The first kappa shape index (κ1) is 17.9. The summed E-state index contributed by atoms with van der Waals surface area (Å²) in [4.78, 5) is 17.8. The summed E-state index contributed by atoms with van der Waals surface area (Å²) in [5.41, 5.74) is 3.64. The first-order valence-corrected chi connectivity index (χ1v) is 9.61. The number of pyridine rings is 1. The zero-order valence-electron chi connectivity index (χ0n) is 16.6. The van der Waals surface area contributed by atoms with Crippen molar-refractivity contribution in [3.63, 3.8) is 0 Å². The van der Waals surface area contributed by atoms with Crippen molar-refractivity contribution >= 4 is 22.4 Å². The van der Waals surface area contributed by atoms with Crippen molar-refractivity contribution in [2.24, 2.45) is 0 Å². The fraction of sp³-hybridized carbons (Fsp3) is 0.0870. The van der Waals surface area contributed by atoms with Crippen LogP contribution < -0.4 is 5.32 Å². The second-order valence-corrected chi connectivity index (χ2v) is 6.96. The number of aryl methyl sites for hydroxylation is 2. The van der Waals surface area contributed by atoms with E-state index in [-0.39, 0.29) is 0 Å². The van der Waals surface area contributed by atoms with E-state index in [2.05, 4.69) is 31.4 Å². The summed E-state index contributed by atoms with van der Waals surface area (Å²) in [6.45, 7) is 3.82. The number of aromatic nitrogens is 6. The molecule has 0 atom stereocenters. The largest absolute Gasteiger partial charge is 0.324 e. The van der Waals surface area contributed by atoms with Gasteiger partial charge in [-0.2, -0.15) is 5.10 Å². The zero-order valence-corrected chi connectivity index (χ0v) is 16.6. The molecule has 2 aromatic carbocycles. The molecule has 0 fully saturated rings. The van der Waals surface area contributed by atoms with Gasteiger partial charge in [0, 0.05) is 35.2 Å². The van der Waals surface area contributed by atoms with Crippen molar-refractivity contribution in [3.05, 3.63) is 84.8 Å². The Balaban J connectivity index is 1.43. The summed E-state index contributed by atoms with van der Waals surface area (Å²) in [5, 5.41) is 9.88. The lowest BCUT2D eigenvalue weighted by Gasteiger charge is -2.09. The minimum absolute atomic E-state index is 0.529. The molecule has 7 heteroatoms. The Morgan fingerprint density at radius 2 is 1.70 bits per heavy atom. The van der Waals surface area contributed by atoms with Crippen LogP contribution in [0.4, 0.5) is 11.6 Å². The second kappa shape index (κ2) is 7.36. The molecule has 30 heavy (non-hydrogen) atoms. The Bertz CT molecular complexity index is 1330. The number of anilines is 2. The lowest BCUT2D eigenvalue weighted by molar-refractivity contribution is 0.831. The third-order valence-corrected chi connectivity index (χ3v) is 4.84. The van der Waals surface area contributed by atoms with Gasteiger partial charge in [-0.15, -0.1) is 0 Å². The molecule has 3 aromatic heterocycles. The van der Waals surface area contributed by atoms with E-state index in [1.807, 2.05) is 79.5 Å². The Labute approximate surface area is 173 Å². The maximum atomic E-state index is 4.70. The summed E-state index contributed by atoms with van der Waals surface area (Å²) in [5.74, 6) is 2.14. The molecule has 3 heterocycles. The average molecular weight is 393 g/mol. The molecule has 0 aliphatic rings. The fourth-order valence-electron chi connectivity index (χ4n) is 3.47. The number of hydrogen-bond donors (Lipinski definition) is 1. The number of hydrogen-bond acceptors (Lipinski definition) is 6. The van der Waals surface area contributed by atoms with Gasteiger partial charge in [-0.3, -0.25) is 4.98 Å². The van der Waals surface area contributed by atoms with Gasteiger partial charge in [-0.05, 0) is 49.6 Å². The van der Waals surface area contributed by atoms with Crippen LogP contribution in [0.1, 0.15) is 11.6 Å². The van der Waals surface area contributed by atoms with Crippen LogP contribution >= 0.6 is 0 Å². The predicted molar refractivity (Wildman–Crippen MR) is 117 cm³/mol. The summed E-state index contributed by atoms with van der Waals surface area (Å²) in [7, 11) is 0. The Kier molecular flexibility index (Phi) is 4.40. The van der Waals surface area contributed by atoms with Gasteiger partial charge >= 0.3 is 0 Å². The fourth-order valence-corrected chi connectivity index (χ4v) is 3.47. The van der Waals surface area contributed by atoms with Gasteiger partial charge in [0.25, 0.3) is 0 Å². The van der Waals surface area contributed by atoms with Crippen LogP contribution in [0, 0.1) is 13.8 Å². The molecule has 5 aromatic rings. The van der Waals surface area contributed by atoms with Crippen molar-refractivity contribution in [1.29, 1.82) is 0 Å². The Morgan fingerprint density at radius 3 is 2.50 bits per heavy atom. The average Bonchev–Trinajstić information content (AvgIpc) is 3.12. The molecule has 0 saturated carbocycles. The smallest absolute Gasteiger partial charge is 0.227 e. The van der Waals surface area contributed by atoms with E-state index in [0.29, 0.717) is 5.95 Å². The molecular weight excluding hydrogens is 374 g/mol. The number of benzene rings is 2. The predicted octanol–water partition coefficient (Wildman–Crippen LogP) is 4.63. The molecule has 7 nitrogen and oxygen atoms in total. The highest BCUT2D eigenvalue weighted by molar-refractivity contribution is 5.94. The van der Waals surface area contributed by atoms with E-state index < -0.39 is 0 Å². The van der Waals surface area contributed by atoms with Crippen LogP contribution in [0.2, 0.25) is 0 Å². The quantitative estimate of drug-likeness (QED) is 0.479. The summed E-state index contributed by atoms with van der Waals surface area (Å²) in [6, 6.07) is 18.0. The molecule has 0 saturated heterocycles. The van der Waals surface area contributed by atoms with E-state index in [4.69, 9.17) is 4.98 Å². The van der Waals surface area contributed by atoms with Gasteiger partial charge in [0.1, 0.15) is 11.6 Å². The molecule has 0 bridgehead atoms. The van der Waals surface area contributed by atoms with E-state index in [0.717, 1.165) is 45.1 Å². The molecular formula is C23H19N7. The Morgan fingerprint density at radius 1 is 0.867 bits per heavy atom. The highest BCUT2D eigenvalue weighted by Crippen LogP contribution is 2.27. The van der Waals surface area contributed by atoms with Crippen LogP contribution in [0.3, 0.4) is 0 Å². The molecule has 0 unspecified atom stereocenters. The first-order valence-electron chi connectivity index (χ1n) is 9.61. The molecule has 0 spiro atoms. The lowest BCUT2D eigenvalue weighted by atomic mass is 10.1. The Hall–Kier alpha value is -4.13. The minimum Gasteiger partial charge on any atom is -0.324 e. The molecule has 1 N–H and O–H groups in total. The van der Waals surface area contributed by atoms with E-state index in [1.54, 1.807) is 6.20 Å². The van der Waals surface area contributed by atoms with E-state index >= 15 is 0 Å². The summed E-state index contributed by atoms with van der Waals surface area (Å²) >= 11 is 0. The molecule has 5 rings (SSSR count). The third-order valence-electron chi connectivity index (χ3n) is 4.84. The number of fused-ring (bicyclic) bond motifs is 1. The highest BCUT2D eigenvalue weighted by atomic mass is 15.3. The van der Waals surface area contributed by atoms with Crippen LogP contribution in [0.15, 0.2) is 73.2 Å². The van der Waals surface area contributed by atoms with E-state index in [9.17, 15) is 0 Å². The SMILES string of the molecule is Cc1nc(C)n(-c2ccc(Nc3nccc(-c4cncc5ccccc45)n3)cc2)n1. The third kappa shape index (κ3) is 3.37. The van der Waals surface area contributed by atoms with Gasteiger partial charge in [0.2, 0.25) is 5.95 Å². The maximum absolute atomic E-state index is 4.70. The number of rotatable bonds is 4. The standard InChI is InChI=1S/C23H19N7/c1-15-26-16(2)30(29-15)19-9-7-18(8-10-19)27-23-25-12-11-22(28-23)21-14-24-13-17-5-3-4-6-20(17)21/h3-14H,1-2H3,(H,25,27,28). The minimum atomic E-state index is 0.529. The number of nitrogens with one attached hydrogen (secondary N) is 1. The van der Waals surface area contributed by atoms with Crippen molar-refractivity contribution in [2.75, 3.05) is 5.32 Å². The van der Waals surface area contributed by atoms with Gasteiger partial charge in [-0.1, -0.05) is 24.3 Å². The van der Waals surface area contributed by atoms with Gasteiger partial charge < -0.3 is 5.32 Å². The maximum Gasteiger partial charge on any atom is 0.227 e. The highest BCUT2D eigenvalue weighted by Gasteiger charge is 2.08. The summed E-state index contributed by atoms with van der Waals surface area (Å²) in [6.07, 6.45) is 5.45. The van der Waals surface area contributed by atoms with E-state index in [1.165, 1.54) is 0 Å². The molecule has 0 amide bonds. The normalized spacial score (nSPS) is 11.0. The van der Waals surface area contributed by atoms with Gasteiger partial charge in [-0.25, -0.2) is 19.6 Å². The van der Waals surface area contributed by atoms with Crippen LogP contribution in [0.25, 0.3) is 27.7 Å². The first-order chi connectivity index (χ1) is 14.7. The van der Waals surface area contributed by atoms with Crippen molar-refractivity contribution < 1.29 is 0 Å². The number of nitrogens with zero attached hydrogens (tertiary/aromatic N) is 6. The molecule has 146 valence electrons. The molecule has 0 radical (unpaired) electrons. The molecule has 0 aliphatic carbocycles. The molecule has 0 aliphatic heterocycles. The lowest BCUT2D eigenvalue weighted by Crippen LogP contribution is -2.01. The van der Waals surface area contributed by atoms with Crippen LogP contribution in [-0.4, -0.2) is 29.7 Å². The van der Waals surface area contributed by atoms with Gasteiger partial charge in [0.05, 0.1) is 11.4 Å². The van der Waals surface area contributed by atoms with Crippen molar-refractivity contribution in [2.45, 2.75) is 13.8 Å². The topological polar surface area (TPSA) is 81.4 Å². The monoisotopic (exact) mass is 393 g/mol. The van der Waals surface area contributed by atoms with Crippen molar-refractivity contribution in [3.8, 4) is 16.9 Å². The van der Waals surface area contributed by atoms with Crippen LogP contribution in [0.5, 0.6) is 0 Å².